The van der Waals surface area contributed by atoms with E-state index in [9.17, 15) is 24.8 Å². The summed E-state index contributed by atoms with van der Waals surface area (Å²) in [5.41, 5.74) is 1.98. The van der Waals surface area contributed by atoms with Crippen molar-refractivity contribution in [2.45, 2.75) is 39.2 Å². The first kappa shape index (κ1) is 21.2. The molecule has 3 rings (SSSR count). The average Bonchev–Trinajstić information content (AvgIpc) is 2.98. The van der Waals surface area contributed by atoms with Crippen molar-refractivity contribution in [2.24, 2.45) is 0 Å². The molecular weight excluding hydrogens is 384 g/mol. The first-order valence-corrected chi connectivity index (χ1v) is 9.89. The molecule has 7 nitrogen and oxygen atoms in total. The standard InChI is InChI=1S/C23H24N2O5/c1-4-13-24-20(16-7-5-15(6-8-16)14(2)3)19(22(27)23(24)28)21(26)17-9-11-18(12-10-17)25(29)30/h5-12,14,20,26H,4,13H2,1-3H3/b21-19-. The minimum atomic E-state index is -0.753. The fraction of sp³-hybridized carbons (Fsp3) is 0.304. The molecular formula is C23H24N2O5. The van der Waals surface area contributed by atoms with E-state index in [4.69, 9.17) is 0 Å². The number of carbonyl (C=O) groups excluding carboxylic acids is 2. The fourth-order valence-electron chi connectivity index (χ4n) is 3.66. The average molecular weight is 408 g/mol. The van der Waals surface area contributed by atoms with Gasteiger partial charge in [-0.2, -0.15) is 0 Å². The van der Waals surface area contributed by atoms with Gasteiger partial charge in [-0.3, -0.25) is 19.7 Å². The number of nitrogens with zero attached hydrogens (tertiary/aromatic N) is 2. The number of rotatable bonds is 6. The van der Waals surface area contributed by atoms with Crippen LogP contribution in [0.1, 0.15) is 55.8 Å². The smallest absolute Gasteiger partial charge is 0.295 e. The number of Topliss-reactive ketones (excluding diaryl/α,β-unsaturated/α-hetero) is 1. The predicted octanol–water partition coefficient (Wildman–Crippen LogP) is 4.55. The van der Waals surface area contributed by atoms with Crippen LogP contribution in [0, 0.1) is 10.1 Å². The van der Waals surface area contributed by atoms with Crippen molar-refractivity contribution in [1.82, 2.24) is 4.90 Å². The van der Waals surface area contributed by atoms with Crippen LogP contribution in [0.5, 0.6) is 0 Å². The van der Waals surface area contributed by atoms with Crippen LogP contribution in [0.25, 0.3) is 5.76 Å². The van der Waals surface area contributed by atoms with Gasteiger partial charge in [-0.1, -0.05) is 45.0 Å². The number of non-ortho nitro benzene ring substituents is 1. The molecule has 1 heterocycles. The molecule has 0 radical (unpaired) electrons. The van der Waals surface area contributed by atoms with E-state index in [1.807, 2.05) is 31.2 Å². The number of carbonyl (C=O) groups is 2. The maximum Gasteiger partial charge on any atom is 0.295 e. The van der Waals surface area contributed by atoms with Crippen LogP contribution in [0.2, 0.25) is 0 Å². The summed E-state index contributed by atoms with van der Waals surface area (Å²) < 4.78 is 0. The lowest BCUT2D eigenvalue weighted by Gasteiger charge is -2.25. The van der Waals surface area contributed by atoms with Crippen LogP contribution in [0.3, 0.4) is 0 Å². The maximum atomic E-state index is 12.8. The zero-order valence-corrected chi connectivity index (χ0v) is 17.2. The number of nitro benzene ring substituents is 1. The maximum absolute atomic E-state index is 12.8. The minimum absolute atomic E-state index is 0.000370. The summed E-state index contributed by atoms with van der Waals surface area (Å²) in [6, 6.07) is 12.2. The molecule has 0 bridgehead atoms. The highest BCUT2D eigenvalue weighted by molar-refractivity contribution is 6.46. The largest absolute Gasteiger partial charge is 0.507 e. The molecule has 30 heavy (non-hydrogen) atoms. The molecule has 0 spiro atoms. The Morgan fingerprint density at radius 1 is 1.10 bits per heavy atom. The molecule has 1 aliphatic rings. The van der Waals surface area contributed by atoms with Gasteiger partial charge in [0.2, 0.25) is 0 Å². The van der Waals surface area contributed by atoms with Crippen LogP contribution in [-0.2, 0) is 9.59 Å². The second kappa shape index (κ2) is 8.49. The number of hydrogen-bond donors (Lipinski definition) is 1. The Labute approximate surface area is 174 Å². The van der Waals surface area contributed by atoms with Gasteiger partial charge in [0.05, 0.1) is 16.5 Å². The molecule has 1 unspecified atom stereocenters. The summed E-state index contributed by atoms with van der Waals surface area (Å²) in [6.45, 7) is 6.44. The van der Waals surface area contributed by atoms with E-state index in [2.05, 4.69) is 13.8 Å². The monoisotopic (exact) mass is 408 g/mol. The molecule has 1 aliphatic heterocycles. The van der Waals surface area contributed by atoms with E-state index in [1.54, 1.807) is 0 Å². The first-order chi connectivity index (χ1) is 14.3. The molecule has 1 saturated heterocycles. The van der Waals surface area contributed by atoms with Gasteiger partial charge in [0.1, 0.15) is 5.76 Å². The van der Waals surface area contributed by atoms with Gasteiger partial charge in [-0.25, -0.2) is 0 Å². The molecule has 0 aromatic heterocycles. The van der Waals surface area contributed by atoms with E-state index in [1.165, 1.54) is 29.2 Å². The van der Waals surface area contributed by atoms with Crippen molar-refractivity contribution in [3.8, 4) is 0 Å². The summed E-state index contributed by atoms with van der Waals surface area (Å²) in [5.74, 6) is -1.41. The number of nitro groups is 1. The Morgan fingerprint density at radius 3 is 2.20 bits per heavy atom. The first-order valence-electron chi connectivity index (χ1n) is 9.89. The lowest BCUT2D eigenvalue weighted by atomic mass is 9.93. The normalized spacial score (nSPS) is 18.3. The quantitative estimate of drug-likeness (QED) is 0.248. The molecule has 2 aromatic carbocycles. The molecule has 1 atom stereocenters. The zero-order valence-electron chi connectivity index (χ0n) is 17.2. The number of aliphatic hydroxyl groups excluding tert-OH is 1. The summed E-state index contributed by atoms with van der Waals surface area (Å²) >= 11 is 0. The summed E-state index contributed by atoms with van der Waals surface area (Å²) in [7, 11) is 0. The number of aliphatic hydroxyl groups is 1. The van der Waals surface area contributed by atoms with Gasteiger partial charge < -0.3 is 10.0 Å². The van der Waals surface area contributed by atoms with Gasteiger partial charge in [-0.15, -0.1) is 0 Å². The Kier molecular flexibility index (Phi) is 6.01. The second-order valence-corrected chi connectivity index (χ2v) is 7.62. The Hall–Kier alpha value is -3.48. The van der Waals surface area contributed by atoms with Gasteiger partial charge in [0, 0.05) is 24.2 Å². The lowest BCUT2D eigenvalue weighted by Crippen LogP contribution is -2.30. The van der Waals surface area contributed by atoms with E-state index in [0.717, 1.165) is 11.1 Å². The molecule has 1 N–H and O–H groups in total. The lowest BCUT2D eigenvalue weighted by molar-refractivity contribution is -0.384. The number of ketones is 1. The second-order valence-electron chi connectivity index (χ2n) is 7.62. The van der Waals surface area contributed by atoms with Crippen LogP contribution < -0.4 is 0 Å². The predicted molar refractivity (Wildman–Crippen MR) is 113 cm³/mol. The van der Waals surface area contributed by atoms with Crippen molar-refractivity contribution < 1.29 is 19.6 Å². The number of benzene rings is 2. The third-order valence-corrected chi connectivity index (χ3v) is 5.27. The molecule has 2 aromatic rings. The fourth-order valence-corrected chi connectivity index (χ4v) is 3.66. The van der Waals surface area contributed by atoms with Crippen molar-refractivity contribution in [1.29, 1.82) is 0 Å². The van der Waals surface area contributed by atoms with E-state index in [-0.39, 0.29) is 22.6 Å². The topological polar surface area (TPSA) is 101 Å². The highest BCUT2D eigenvalue weighted by Gasteiger charge is 2.45. The third-order valence-electron chi connectivity index (χ3n) is 5.27. The summed E-state index contributed by atoms with van der Waals surface area (Å²) in [6.07, 6.45) is 0.658. The van der Waals surface area contributed by atoms with Crippen molar-refractivity contribution in [3.05, 3.63) is 80.9 Å². The highest BCUT2D eigenvalue weighted by Crippen LogP contribution is 2.39. The zero-order chi connectivity index (χ0) is 22.0. The molecule has 1 amide bonds. The molecule has 0 saturated carbocycles. The van der Waals surface area contributed by atoms with Crippen LogP contribution in [0.4, 0.5) is 5.69 Å². The third kappa shape index (κ3) is 3.83. The summed E-state index contributed by atoms with van der Waals surface area (Å²) in [4.78, 5) is 37.3. The van der Waals surface area contributed by atoms with Crippen LogP contribution in [0.15, 0.2) is 54.1 Å². The number of likely N-dealkylation sites (tertiary alicyclic amines) is 1. The van der Waals surface area contributed by atoms with E-state index in [0.29, 0.717) is 18.9 Å². The van der Waals surface area contributed by atoms with Crippen LogP contribution in [-0.4, -0.2) is 33.2 Å². The number of amides is 1. The Morgan fingerprint density at radius 2 is 1.70 bits per heavy atom. The van der Waals surface area contributed by atoms with Gasteiger partial charge >= 0.3 is 0 Å². The van der Waals surface area contributed by atoms with E-state index >= 15 is 0 Å². The van der Waals surface area contributed by atoms with Crippen molar-refractivity contribution in [2.75, 3.05) is 6.54 Å². The van der Waals surface area contributed by atoms with Gasteiger partial charge in [0.25, 0.3) is 17.4 Å². The van der Waals surface area contributed by atoms with Crippen LogP contribution >= 0.6 is 0 Å². The van der Waals surface area contributed by atoms with Gasteiger partial charge in [-0.05, 0) is 35.6 Å². The van der Waals surface area contributed by atoms with Crippen molar-refractivity contribution in [3.63, 3.8) is 0 Å². The minimum Gasteiger partial charge on any atom is -0.507 e. The van der Waals surface area contributed by atoms with Gasteiger partial charge in [0.15, 0.2) is 0 Å². The number of hydrogen-bond acceptors (Lipinski definition) is 5. The Balaban J connectivity index is 2.13. The van der Waals surface area contributed by atoms with E-state index < -0.39 is 22.7 Å². The Bertz CT molecular complexity index is 1010. The highest BCUT2D eigenvalue weighted by atomic mass is 16.6. The molecule has 0 aliphatic carbocycles. The molecule has 7 heteroatoms. The summed E-state index contributed by atoms with van der Waals surface area (Å²) in [5, 5.41) is 21.8. The van der Waals surface area contributed by atoms with Crippen molar-refractivity contribution >= 4 is 23.1 Å². The SMILES string of the molecule is CCCN1C(=O)C(=O)/C(=C(\O)c2ccc([N+](=O)[O-])cc2)C1c1ccc(C(C)C)cc1. The molecule has 156 valence electrons. The molecule has 1 fully saturated rings.